The fourth-order valence-electron chi connectivity index (χ4n) is 4.55. The van der Waals surface area contributed by atoms with Gasteiger partial charge in [0.15, 0.2) is 0 Å². The minimum absolute atomic E-state index is 0.0200. The van der Waals surface area contributed by atoms with E-state index in [0.717, 1.165) is 44.6 Å². The predicted octanol–water partition coefficient (Wildman–Crippen LogP) is 2.30. The highest BCUT2D eigenvalue weighted by Gasteiger charge is 2.32. The molecule has 1 aromatic rings. The highest BCUT2D eigenvalue weighted by molar-refractivity contribution is 5.95. The zero-order valence-electron chi connectivity index (χ0n) is 18.6. The number of hydrogen-bond acceptors (Lipinski definition) is 4. The summed E-state index contributed by atoms with van der Waals surface area (Å²) >= 11 is 0. The third kappa shape index (κ3) is 5.18. The molecule has 0 bridgehead atoms. The van der Waals surface area contributed by atoms with Crippen LogP contribution in [0.2, 0.25) is 0 Å². The lowest BCUT2D eigenvalue weighted by atomic mass is 10.0. The molecule has 1 atom stereocenters. The van der Waals surface area contributed by atoms with E-state index in [9.17, 15) is 9.59 Å². The van der Waals surface area contributed by atoms with Crippen molar-refractivity contribution < 1.29 is 9.59 Å². The molecule has 2 aliphatic rings. The maximum absolute atomic E-state index is 13.1. The van der Waals surface area contributed by atoms with Crippen molar-refractivity contribution in [3.8, 4) is 0 Å². The van der Waals surface area contributed by atoms with Gasteiger partial charge in [0.25, 0.3) is 5.91 Å². The summed E-state index contributed by atoms with van der Waals surface area (Å²) in [7, 11) is 1.86. The van der Waals surface area contributed by atoms with E-state index in [1.807, 2.05) is 32.7 Å². The van der Waals surface area contributed by atoms with Gasteiger partial charge in [0.1, 0.15) is 0 Å². The minimum Gasteiger partial charge on any atom is -0.338 e. The van der Waals surface area contributed by atoms with Crippen molar-refractivity contribution in [2.24, 2.45) is 13.0 Å². The monoisotopic (exact) mass is 403 g/mol. The standard InChI is InChI=1S/C22H37N5O2/c1-17(2)21(28)27(14-8-12-25-10-5-6-11-25)19-9-7-13-26(16-19)22(29)20-15-23-24(4)18(20)3/h15,17,19H,5-14,16H2,1-4H3. The number of carbonyl (C=O) groups is 2. The summed E-state index contributed by atoms with van der Waals surface area (Å²) in [6.07, 6.45) is 7.16. The molecule has 1 unspecified atom stereocenters. The van der Waals surface area contributed by atoms with E-state index in [0.29, 0.717) is 12.1 Å². The van der Waals surface area contributed by atoms with E-state index >= 15 is 0 Å². The van der Waals surface area contributed by atoms with E-state index in [2.05, 4.69) is 14.9 Å². The molecule has 0 radical (unpaired) electrons. The van der Waals surface area contributed by atoms with Crippen LogP contribution in [0.25, 0.3) is 0 Å². The molecule has 29 heavy (non-hydrogen) atoms. The molecule has 162 valence electrons. The van der Waals surface area contributed by atoms with Crippen LogP contribution in [0.15, 0.2) is 6.20 Å². The van der Waals surface area contributed by atoms with Crippen LogP contribution in [-0.4, -0.2) is 81.6 Å². The van der Waals surface area contributed by atoms with Crippen LogP contribution in [0.1, 0.15) is 62.0 Å². The third-order valence-electron chi connectivity index (χ3n) is 6.44. The van der Waals surface area contributed by atoms with Crippen molar-refractivity contribution in [2.45, 2.75) is 58.9 Å². The Morgan fingerprint density at radius 1 is 1.21 bits per heavy atom. The molecule has 0 saturated carbocycles. The number of carbonyl (C=O) groups excluding carboxylic acids is 2. The van der Waals surface area contributed by atoms with Crippen molar-refractivity contribution in [3.05, 3.63) is 17.5 Å². The Morgan fingerprint density at radius 3 is 2.55 bits per heavy atom. The first-order valence-electron chi connectivity index (χ1n) is 11.2. The normalized spacial score (nSPS) is 20.4. The molecular weight excluding hydrogens is 366 g/mol. The second-order valence-corrected chi connectivity index (χ2v) is 8.90. The van der Waals surface area contributed by atoms with Crippen molar-refractivity contribution >= 4 is 11.8 Å². The van der Waals surface area contributed by atoms with Gasteiger partial charge in [-0.15, -0.1) is 0 Å². The molecule has 2 saturated heterocycles. The summed E-state index contributed by atoms with van der Waals surface area (Å²) in [5.41, 5.74) is 1.56. The summed E-state index contributed by atoms with van der Waals surface area (Å²) in [5.74, 6) is 0.228. The zero-order chi connectivity index (χ0) is 21.0. The van der Waals surface area contributed by atoms with Crippen molar-refractivity contribution in [2.75, 3.05) is 39.3 Å². The fraction of sp³-hybridized carbons (Fsp3) is 0.773. The van der Waals surface area contributed by atoms with Crippen molar-refractivity contribution in [3.63, 3.8) is 0 Å². The molecule has 1 aromatic heterocycles. The van der Waals surface area contributed by atoms with Crippen LogP contribution in [0.4, 0.5) is 0 Å². The van der Waals surface area contributed by atoms with E-state index in [1.54, 1.807) is 10.9 Å². The minimum atomic E-state index is -0.0200. The molecule has 2 amide bonds. The number of hydrogen-bond donors (Lipinski definition) is 0. The van der Waals surface area contributed by atoms with Crippen molar-refractivity contribution in [1.82, 2.24) is 24.5 Å². The first-order valence-corrected chi connectivity index (χ1v) is 11.2. The number of piperidine rings is 1. The smallest absolute Gasteiger partial charge is 0.257 e. The Bertz CT molecular complexity index is 708. The molecule has 3 heterocycles. The van der Waals surface area contributed by atoms with E-state index < -0.39 is 0 Å². The number of aryl methyl sites for hydroxylation is 1. The van der Waals surface area contributed by atoms with Gasteiger partial charge in [0.05, 0.1) is 11.8 Å². The topological polar surface area (TPSA) is 61.7 Å². The average Bonchev–Trinajstić information content (AvgIpc) is 3.35. The van der Waals surface area contributed by atoms with Gasteiger partial charge in [-0.3, -0.25) is 14.3 Å². The van der Waals surface area contributed by atoms with Gasteiger partial charge in [-0.1, -0.05) is 13.8 Å². The van der Waals surface area contributed by atoms with Crippen LogP contribution in [0.5, 0.6) is 0 Å². The highest BCUT2D eigenvalue weighted by atomic mass is 16.2. The second-order valence-electron chi connectivity index (χ2n) is 8.90. The Kier molecular flexibility index (Phi) is 7.33. The van der Waals surface area contributed by atoms with Crippen LogP contribution in [0, 0.1) is 12.8 Å². The molecule has 7 heteroatoms. The van der Waals surface area contributed by atoms with E-state index in [1.165, 1.54) is 25.9 Å². The summed E-state index contributed by atoms with van der Waals surface area (Å²) < 4.78 is 1.74. The average molecular weight is 404 g/mol. The van der Waals surface area contributed by atoms with Crippen LogP contribution in [0.3, 0.4) is 0 Å². The van der Waals surface area contributed by atoms with Gasteiger partial charge < -0.3 is 14.7 Å². The maximum atomic E-state index is 13.1. The Morgan fingerprint density at radius 2 is 1.93 bits per heavy atom. The quantitative estimate of drug-likeness (QED) is 0.701. The lowest BCUT2D eigenvalue weighted by molar-refractivity contribution is -0.138. The first-order chi connectivity index (χ1) is 13.9. The van der Waals surface area contributed by atoms with Gasteiger partial charge in [-0.2, -0.15) is 5.10 Å². The number of nitrogens with zero attached hydrogens (tertiary/aromatic N) is 5. The van der Waals surface area contributed by atoms with E-state index in [4.69, 9.17) is 0 Å². The molecule has 0 aromatic carbocycles. The van der Waals surface area contributed by atoms with Gasteiger partial charge >= 0.3 is 0 Å². The van der Waals surface area contributed by atoms with Gasteiger partial charge in [-0.25, -0.2) is 0 Å². The predicted molar refractivity (Wildman–Crippen MR) is 114 cm³/mol. The Labute approximate surface area is 175 Å². The molecule has 2 aliphatic heterocycles. The molecular formula is C22H37N5O2. The molecule has 0 aliphatic carbocycles. The molecule has 3 rings (SSSR count). The van der Waals surface area contributed by atoms with Crippen molar-refractivity contribution in [1.29, 1.82) is 0 Å². The lowest BCUT2D eigenvalue weighted by Crippen LogP contribution is -2.53. The van der Waals surface area contributed by atoms with Crippen LogP contribution >= 0.6 is 0 Å². The van der Waals surface area contributed by atoms with Gasteiger partial charge in [0.2, 0.25) is 5.91 Å². The highest BCUT2D eigenvalue weighted by Crippen LogP contribution is 2.21. The first kappa shape index (κ1) is 21.8. The van der Waals surface area contributed by atoms with Gasteiger partial charge in [-0.05, 0) is 58.7 Å². The lowest BCUT2D eigenvalue weighted by Gasteiger charge is -2.40. The number of amides is 2. The summed E-state index contributed by atoms with van der Waals surface area (Å²) in [5, 5.41) is 4.22. The van der Waals surface area contributed by atoms with E-state index in [-0.39, 0.29) is 23.8 Å². The maximum Gasteiger partial charge on any atom is 0.257 e. The summed E-state index contributed by atoms with van der Waals surface area (Å²) in [6, 6.07) is 0.109. The second kappa shape index (κ2) is 9.74. The van der Waals surface area contributed by atoms with Crippen LogP contribution in [-0.2, 0) is 11.8 Å². The fourth-order valence-corrected chi connectivity index (χ4v) is 4.55. The third-order valence-corrected chi connectivity index (χ3v) is 6.44. The number of likely N-dealkylation sites (tertiary alicyclic amines) is 2. The number of rotatable bonds is 7. The summed E-state index contributed by atoms with van der Waals surface area (Å²) in [4.78, 5) is 32.5. The van der Waals surface area contributed by atoms with Gasteiger partial charge in [0, 0.05) is 44.3 Å². The zero-order valence-corrected chi connectivity index (χ0v) is 18.6. The molecule has 2 fully saturated rings. The molecule has 0 N–H and O–H groups in total. The largest absolute Gasteiger partial charge is 0.338 e. The van der Waals surface area contributed by atoms with Crippen LogP contribution < -0.4 is 0 Å². The Hall–Kier alpha value is -1.89. The summed E-state index contributed by atoms with van der Waals surface area (Å²) in [6.45, 7) is 11.5. The Balaban J connectivity index is 1.65. The number of aromatic nitrogens is 2. The molecule has 0 spiro atoms. The molecule has 7 nitrogen and oxygen atoms in total. The SMILES string of the molecule is Cc1c(C(=O)N2CCCC(N(CCCN3CCCC3)C(=O)C(C)C)C2)cnn1C.